The third kappa shape index (κ3) is 50.5. The topological polar surface area (TPSA) is 380 Å². The molecule has 117 heavy (non-hydrogen) atoms. The minimum absolute atomic E-state index is 0.0144. The molecule has 18 atom stereocenters. The second-order valence-corrected chi connectivity index (χ2v) is 34.9. The number of carbonyl (C=O) groups is 4. The minimum Gasteiger partial charge on any atom is -0.463 e. The number of esters is 4. The predicted molar refractivity (Wildman–Crippen MR) is 453 cm³/mol. The second kappa shape index (κ2) is 70.3. The molecule has 0 bridgehead atoms. The van der Waals surface area contributed by atoms with Gasteiger partial charge >= 0.3 is 31.7 Å². The van der Waals surface area contributed by atoms with Crippen molar-refractivity contribution in [2.45, 2.75) is 504 Å². The molecular formula is C91H167O25P. The van der Waals surface area contributed by atoms with Crippen LogP contribution >= 0.6 is 7.82 Å². The molecule has 25 nitrogen and oxygen atoms in total. The highest BCUT2D eigenvalue weighted by Gasteiger charge is 2.60. The lowest BCUT2D eigenvalue weighted by Gasteiger charge is -2.50. The van der Waals surface area contributed by atoms with Crippen molar-refractivity contribution in [3.63, 3.8) is 0 Å². The van der Waals surface area contributed by atoms with Gasteiger partial charge in [-0.15, -0.1) is 0 Å². The van der Waals surface area contributed by atoms with E-state index in [4.69, 9.17) is 46.9 Å². The summed E-state index contributed by atoms with van der Waals surface area (Å²) in [6.07, 6.45) is 30.4. The third-order valence-electron chi connectivity index (χ3n) is 22.9. The van der Waals surface area contributed by atoms with Gasteiger partial charge < -0.3 is 88.7 Å². The SMILES string of the molecule is CCCCCCCC/C=C\CCCCCC(=O)OCC(COP(=O)(O)OC1C(OC2OC(CO)C(O)C(O)C2O)C(O)C(O)C(OC(=O)CCCCC/C=C\CCCCCCCC)C1OC1OC(COC(=O)CCCCCCCCCCCCCCCCCC)C(O)C(O)C1O)OC(=O)CCCCCCCCCCCCCCCCCC. The summed E-state index contributed by atoms with van der Waals surface area (Å²) in [7, 11) is -5.81. The monoisotopic (exact) mass is 1690 g/mol. The van der Waals surface area contributed by atoms with Crippen LogP contribution in [0.5, 0.6) is 0 Å². The molecule has 0 spiro atoms. The van der Waals surface area contributed by atoms with Crippen LogP contribution in [0.15, 0.2) is 24.3 Å². The molecule has 10 N–H and O–H groups in total. The Bertz CT molecular complexity index is 2530. The molecular weight excluding hydrogens is 1520 g/mol. The van der Waals surface area contributed by atoms with Crippen molar-refractivity contribution in [1.29, 1.82) is 0 Å². The number of phosphoric ester groups is 1. The molecule has 3 rings (SSSR count). The molecule has 2 heterocycles. The Kier molecular flexibility index (Phi) is 64.9. The Morgan fingerprint density at radius 3 is 1.03 bits per heavy atom. The molecule has 3 fully saturated rings. The lowest BCUT2D eigenvalue weighted by atomic mass is 9.84. The number of phosphoric acid groups is 1. The quantitative estimate of drug-likeness (QED) is 0.00889. The van der Waals surface area contributed by atoms with Crippen molar-refractivity contribution >= 4 is 31.7 Å². The first kappa shape index (κ1) is 108. The number of allylic oxidation sites excluding steroid dienone is 4. The summed E-state index contributed by atoms with van der Waals surface area (Å²) in [6.45, 7) is 5.57. The van der Waals surface area contributed by atoms with E-state index in [1.165, 1.54) is 186 Å². The van der Waals surface area contributed by atoms with Crippen molar-refractivity contribution < 1.29 is 122 Å². The average Bonchev–Trinajstić information content (AvgIpc) is 0.754. The smallest absolute Gasteiger partial charge is 0.463 e. The zero-order valence-corrected chi connectivity index (χ0v) is 73.9. The van der Waals surface area contributed by atoms with Crippen LogP contribution in [0.2, 0.25) is 0 Å². The zero-order chi connectivity index (χ0) is 85.4. The highest BCUT2D eigenvalue weighted by molar-refractivity contribution is 7.47. The van der Waals surface area contributed by atoms with Crippen LogP contribution < -0.4 is 0 Å². The molecule has 686 valence electrons. The first-order chi connectivity index (χ1) is 56.7. The Balaban J connectivity index is 1.91. The van der Waals surface area contributed by atoms with E-state index in [2.05, 4.69) is 52.0 Å². The standard InChI is InChI=1S/C91H167O25P/c1-5-9-13-17-21-25-29-33-35-37-41-44-48-52-56-60-64-75(94)108-70-73-79(98)81(100)85(104)91(112-73)115-88-86(113-77(96)66-62-58-54-50-45-40-32-28-24-20-16-12-8-4)82(101)83(102)87(114-90-84(103)80(99)78(97)72(67-92)111-90)89(88)116-117(105,106)109-69-71(68-107-74(93)63-59-55-51-47-43-39-31-27-23-19-15-11-7-3)110-76(95)65-61-57-53-49-46-42-38-36-34-30-26-22-18-14-10-6-2/h39-40,43,45,71-73,78-92,97-104H,5-38,41-42,44,46-70H2,1-4H3,(H,105,106)/b43-39-,45-40-. The molecule has 0 radical (unpaired) electrons. The van der Waals surface area contributed by atoms with Crippen molar-refractivity contribution in [3.05, 3.63) is 24.3 Å². The van der Waals surface area contributed by atoms with Gasteiger partial charge in [-0.05, 0) is 77.0 Å². The van der Waals surface area contributed by atoms with Gasteiger partial charge in [0.25, 0.3) is 0 Å². The molecule has 0 aromatic carbocycles. The predicted octanol–water partition coefficient (Wildman–Crippen LogP) is 17.3. The first-order valence-electron chi connectivity index (χ1n) is 47.1. The van der Waals surface area contributed by atoms with Crippen molar-refractivity contribution in [3.8, 4) is 0 Å². The number of ether oxygens (including phenoxy) is 8. The van der Waals surface area contributed by atoms with Gasteiger partial charge in [0.2, 0.25) is 0 Å². The number of hydrogen-bond acceptors (Lipinski definition) is 24. The van der Waals surface area contributed by atoms with E-state index in [0.29, 0.717) is 32.1 Å². The number of unbranched alkanes of at least 4 members (excludes halogenated alkanes) is 48. The van der Waals surface area contributed by atoms with E-state index < -0.39 is 162 Å². The number of aliphatic hydroxyl groups excluding tert-OH is 9. The summed E-state index contributed by atoms with van der Waals surface area (Å²) in [6, 6.07) is 0. The van der Waals surface area contributed by atoms with Gasteiger partial charge in [0.1, 0.15) is 92.6 Å². The second-order valence-electron chi connectivity index (χ2n) is 33.5. The molecule has 0 aromatic rings. The van der Waals surface area contributed by atoms with Crippen LogP contribution in [0.1, 0.15) is 400 Å². The van der Waals surface area contributed by atoms with E-state index in [0.717, 1.165) is 122 Å². The van der Waals surface area contributed by atoms with Crippen molar-refractivity contribution in [2.24, 2.45) is 0 Å². The highest BCUT2D eigenvalue weighted by Crippen LogP contribution is 2.49. The summed E-state index contributed by atoms with van der Waals surface area (Å²) >= 11 is 0. The van der Waals surface area contributed by atoms with Gasteiger partial charge in [0.15, 0.2) is 24.8 Å². The maximum absolute atomic E-state index is 14.9. The van der Waals surface area contributed by atoms with E-state index in [9.17, 15) is 74.6 Å². The Hall–Kier alpha value is -3.05. The van der Waals surface area contributed by atoms with Crippen molar-refractivity contribution in [1.82, 2.24) is 0 Å². The third-order valence-corrected chi connectivity index (χ3v) is 23.9. The zero-order valence-electron chi connectivity index (χ0n) is 73.0. The van der Waals surface area contributed by atoms with E-state index in [-0.39, 0.29) is 32.1 Å². The highest BCUT2D eigenvalue weighted by atomic mass is 31.2. The molecule has 3 aliphatic rings. The molecule has 1 aliphatic carbocycles. The summed E-state index contributed by atoms with van der Waals surface area (Å²) in [5, 5.41) is 102. The van der Waals surface area contributed by atoms with E-state index in [1.54, 1.807) is 0 Å². The Morgan fingerprint density at radius 2 is 0.641 bits per heavy atom. The van der Waals surface area contributed by atoms with Crippen LogP contribution in [-0.4, -0.2) is 205 Å². The maximum atomic E-state index is 14.9. The largest absolute Gasteiger partial charge is 0.472 e. The lowest BCUT2D eigenvalue weighted by molar-refractivity contribution is -0.360. The molecule has 2 saturated heterocycles. The number of hydrogen-bond donors (Lipinski definition) is 10. The lowest BCUT2D eigenvalue weighted by Crippen LogP contribution is -2.70. The van der Waals surface area contributed by atoms with Gasteiger partial charge in [0.05, 0.1) is 13.2 Å². The van der Waals surface area contributed by atoms with Crippen LogP contribution in [0.3, 0.4) is 0 Å². The summed E-state index contributed by atoms with van der Waals surface area (Å²) in [5.41, 5.74) is 0. The Labute approximate surface area is 704 Å². The average molecular weight is 1690 g/mol. The van der Waals surface area contributed by atoms with Gasteiger partial charge in [0, 0.05) is 25.7 Å². The van der Waals surface area contributed by atoms with Gasteiger partial charge in [-0.25, -0.2) is 4.57 Å². The fourth-order valence-corrected chi connectivity index (χ4v) is 16.4. The van der Waals surface area contributed by atoms with Gasteiger partial charge in [-0.3, -0.25) is 28.2 Å². The minimum atomic E-state index is -5.81. The summed E-state index contributed by atoms with van der Waals surface area (Å²) in [4.78, 5) is 66.4. The first-order valence-corrected chi connectivity index (χ1v) is 48.6. The van der Waals surface area contributed by atoms with Crippen LogP contribution in [0.25, 0.3) is 0 Å². The number of carbonyl (C=O) groups excluding carboxylic acids is 4. The summed E-state index contributed by atoms with van der Waals surface area (Å²) in [5.74, 6) is -2.99. The van der Waals surface area contributed by atoms with Crippen LogP contribution in [0, 0.1) is 0 Å². The summed E-state index contributed by atoms with van der Waals surface area (Å²) < 4.78 is 73.3. The number of rotatable bonds is 76. The van der Waals surface area contributed by atoms with Gasteiger partial charge in [-0.2, -0.15) is 0 Å². The Morgan fingerprint density at radius 1 is 0.333 bits per heavy atom. The molecule has 18 unspecified atom stereocenters. The van der Waals surface area contributed by atoms with Crippen molar-refractivity contribution in [2.75, 3.05) is 26.4 Å². The fourth-order valence-electron chi connectivity index (χ4n) is 15.4. The molecule has 1 saturated carbocycles. The van der Waals surface area contributed by atoms with Crippen LogP contribution in [0.4, 0.5) is 0 Å². The van der Waals surface area contributed by atoms with E-state index in [1.807, 2.05) is 0 Å². The molecule has 0 aromatic heterocycles. The van der Waals surface area contributed by atoms with E-state index >= 15 is 0 Å². The van der Waals surface area contributed by atoms with Gasteiger partial charge in [-0.1, -0.05) is 322 Å². The normalized spacial score (nSPS) is 25.1. The fraction of sp³-hybridized carbons (Fsp3) is 0.912. The molecule has 2 aliphatic heterocycles. The molecule has 0 amide bonds. The number of aliphatic hydroxyl groups is 9. The molecule has 26 heteroatoms. The maximum Gasteiger partial charge on any atom is 0.472 e. The van der Waals surface area contributed by atoms with Crippen LogP contribution in [-0.2, 0) is 70.7 Å².